The van der Waals surface area contributed by atoms with E-state index < -0.39 is 4.92 Å². The molecule has 1 aromatic rings. The summed E-state index contributed by atoms with van der Waals surface area (Å²) in [6.07, 6.45) is 3.55. The summed E-state index contributed by atoms with van der Waals surface area (Å²) in [7, 11) is 1.51. The minimum absolute atomic E-state index is 0.0283. The van der Waals surface area contributed by atoms with Gasteiger partial charge in [-0.15, -0.1) is 11.6 Å². The van der Waals surface area contributed by atoms with Gasteiger partial charge in [0.15, 0.2) is 11.5 Å². The highest BCUT2D eigenvalue weighted by molar-refractivity contribution is 6.17. The summed E-state index contributed by atoms with van der Waals surface area (Å²) in [6, 6.07) is 2.97. The number of rotatable bonds is 6. The molecule has 1 aliphatic rings. The monoisotopic (exact) mass is 285 g/mol. The van der Waals surface area contributed by atoms with Crippen LogP contribution >= 0.6 is 11.6 Å². The number of ether oxygens (including phenoxy) is 2. The van der Waals surface area contributed by atoms with E-state index in [-0.39, 0.29) is 11.6 Å². The summed E-state index contributed by atoms with van der Waals surface area (Å²) < 4.78 is 10.9. The average molecular weight is 286 g/mol. The van der Waals surface area contributed by atoms with Gasteiger partial charge < -0.3 is 9.47 Å². The van der Waals surface area contributed by atoms with Crippen molar-refractivity contribution in [2.75, 3.05) is 13.7 Å². The first-order valence-electron chi connectivity index (χ1n) is 6.19. The first-order chi connectivity index (χ1) is 9.15. The SMILES string of the molecule is COc1cc(CCl)c([N+](=O)[O-])cc1OCC1CCC1. The Bertz CT molecular complexity index is 474. The van der Waals surface area contributed by atoms with E-state index in [1.165, 1.54) is 19.6 Å². The van der Waals surface area contributed by atoms with Crippen molar-refractivity contribution in [2.45, 2.75) is 25.1 Å². The highest BCUT2D eigenvalue weighted by atomic mass is 35.5. The minimum atomic E-state index is -0.451. The van der Waals surface area contributed by atoms with Gasteiger partial charge in [0.2, 0.25) is 0 Å². The van der Waals surface area contributed by atoms with E-state index in [1.807, 2.05) is 0 Å². The molecule has 6 heteroatoms. The molecule has 5 nitrogen and oxygen atoms in total. The molecule has 0 amide bonds. The van der Waals surface area contributed by atoms with Gasteiger partial charge in [-0.25, -0.2) is 0 Å². The van der Waals surface area contributed by atoms with Gasteiger partial charge >= 0.3 is 0 Å². The molecule has 0 bridgehead atoms. The number of benzene rings is 1. The van der Waals surface area contributed by atoms with Crippen LogP contribution in [0.5, 0.6) is 11.5 Å². The molecule has 2 rings (SSSR count). The Hall–Kier alpha value is -1.49. The zero-order valence-corrected chi connectivity index (χ0v) is 11.5. The van der Waals surface area contributed by atoms with Crippen molar-refractivity contribution in [2.24, 2.45) is 5.92 Å². The van der Waals surface area contributed by atoms with Gasteiger partial charge in [0.25, 0.3) is 5.69 Å². The predicted molar refractivity (Wildman–Crippen MR) is 72.0 cm³/mol. The molecule has 0 spiro atoms. The fourth-order valence-corrected chi connectivity index (χ4v) is 2.22. The fraction of sp³-hybridized carbons (Fsp3) is 0.538. The lowest BCUT2D eigenvalue weighted by molar-refractivity contribution is -0.385. The third kappa shape index (κ3) is 3.10. The molecule has 1 aromatic carbocycles. The number of methoxy groups -OCH3 is 1. The number of hydrogen-bond acceptors (Lipinski definition) is 4. The van der Waals surface area contributed by atoms with Gasteiger partial charge in [-0.2, -0.15) is 0 Å². The topological polar surface area (TPSA) is 61.6 Å². The van der Waals surface area contributed by atoms with Crippen LogP contribution < -0.4 is 9.47 Å². The van der Waals surface area contributed by atoms with E-state index in [9.17, 15) is 10.1 Å². The molecule has 104 valence electrons. The summed E-state index contributed by atoms with van der Waals surface area (Å²) >= 11 is 5.72. The number of halogens is 1. The van der Waals surface area contributed by atoms with Crippen molar-refractivity contribution in [3.8, 4) is 11.5 Å². The Morgan fingerprint density at radius 2 is 2.16 bits per heavy atom. The second-order valence-electron chi connectivity index (χ2n) is 4.63. The molecule has 0 radical (unpaired) electrons. The van der Waals surface area contributed by atoms with Crippen molar-refractivity contribution in [3.05, 3.63) is 27.8 Å². The third-order valence-electron chi connectivity index (χ3n) is 3.40. The Morgan fingerprint density at radius 3 is 2.63 bits per heavy atom. The van der Waals surface area contributed by atoms with Crippen molar-refractivity contribution in [1.82, 2.24) is 0 Å². The Labute approximate surface area is 116 Å². The summed E-state index contributed by atoms with van der Waals surface area (Å²) in [5.41, 5.74) is 0.402. The van der Waals surface area contributed by atoms with Crippen molar-refractivity contribution in [1.29, 1.82) is 0 Å². The molecule has 0 atom stereocenters. The molecule has 0 saturated heterocycles. The van der Waals surface area contributed by atoms with Crippen LogP contribution in [0.3, 0.4) is 0 Å². The lowest BCUT2D eigenvalue weighted by Crippen LogP contribution is -2.19. The standard InChI is InChI=1S/C13H16ClNO4/c1-18-12-5-10(7-14)11(15(16)17)6-13(12)19-8-9-3-2-4-9/h5-6,9H,2-4,7-8H2,1H3. The van der Waals surface area contributed by atoms with Crippen LogP contribution in [-0.2, 0) is 5.88 Å². The van der Waals surface area contributed by atoms with Crippen LogP contribution in [0.2, 0.25) is 0 Å². The van der Waals surface area contributed by atoms with Crippen LogP contribution in [0.15, 0.2) is 12.1 Å². The number of nitrogens with zero attached hydrogens (tertiary/aromatic N) is 1. The van der Waals surface area contributed by atoms with Crippen molar-refractivity contribution >= 4 is 17.3 Å². The predicted octanol–water partition coefficient (Wildman–Crippen LogP) is 3.52. The molecule has 0 aliphatic heterocycles. The molecule has 0 N–H and O–H groups in total. The Balaban J connectivity index is 2.23. The van der Waals surface area contributed by atoms with Gasteiger partial charge in [0.05, 0.1) is 30.6 Å². The van der Waals surface area contributed by atoms with Crippen LogP contribution in [-0.4, -0.2) is 18.6 Å². The van der Waals surface area contributed by atoms with E-state index in [0.717, 1.165) is 12.8 Å². The highest BCUT2D eigenvalue weighted by Gasteiger charge is 2.22. The van der Waals surface area contributed by atoms with Gasteiger partial charge in [0.1, 0.15) is 0 Å². The normalized spacial score (nSPS) is 14.8. The fourth-order valence-electron chi connectivity index (χ4n) is 2.01. The summed E-state index contributed by atoms with van der Waals surface area (Å²) in [6.45, 7) is 0.577. The van der Waals surface area contributed by atoms with E-state index >= 15 is 0 Å². The second kappa shape index (κ2) is 6.10. The summed E-state index contributed by atoms with van der Waals surface area (Å²) in [5.74, 6) is 1.52. The quantitative estimate of drug-likeness (QED) is 0.456. The zero-order valence-electron chi connectivity index (χ0n) is 10.7. The molecule has 0 unspecified atom stereocenters. The molecule has 0 aromatic heterocycles. The van der Waals surface area contributed by atoms with Gasteiger partial charge in [0, 0.05) is 5.56 Å². The zero-order chi connectivity index (χ0) is 13.8. The first-order valence-corrected chi connectivity index (χ1v) is 6.73. The smallest absolute Gasteiger partial charge is 0.277 e. The van der Waals surface area contributed by atoms with E-state index in [2.05, 4.69) is 0 Å². The Kier molecular flexibility index (Phi) is 4.47. The number of alkyl halides is 1. The minimum Gasteiger partial charge on any atom is -0.493 e. The van der Waals surface area contributed by atoms with E-state index in [0.29, 0.717) is 29.6 Å². The van der Waals surface area contributed by atoms with E-state index in [4.69, 9.17) is 21.1 Å². The number of nitro groups is 1. The average Bonchev–Trinajstić information content (AvgIpc) is 2.36. The van der Waals surface area contributed by atoms with Crippen LogP contribution in [0.1, 0.15) is 24.8 Å². The van der Waals surface area contributed by atoms with Crippen molar-refractivity contribution in [3.63, 3.8) is 0 Å². The number of nitro benzene ring substituents is 1. The molecule has 1 fully saturated rings. The lowest BCUT2D eigenvalue weighted by Gasteiger charge is -2.25. The van der Waals surface area contributed by atoms with Crippen LogP contribution in [0, 0.1) is 16.0 Å². The highest BCUT2D eigenvalue weighted by Crippen LogP contribution is 2.36. The maximum atomic E-state index is 11.0. The molecule has 0 heterocycles. The first kappa shape index (κ1) is 13.9. The maximum Gasteiger partial charge on any atom is 0.277 e. The molecular weight excluding hydrogens is 270 g/mol. The summed E-state index contributed by atoms with van der Waals surface area (Å²) in [5, 5.41) is 11.0. The van der Waals surface area contributed by atoms with Crippen molar-refractivity contribution < 1.29 is 14.4 Å². The van der Waals surface area contributed by atoms with E-state index in [1.54, 1.807) is 6.07 Å². The van der Waals surface area contributed by atoms with Crippen LogP contribution in [0.25, 0.3) is 0 Å². The molecule has 19 heavy (non-hydrogen) atoms. The summed E-state index contributed by atoms with van der Waals surface area (Å²) in [4.78, 5) is 10.5. The third-order valence-corrected chi connectivity index (χ3v) is 3.69. The molecule has 1 aliphatic carbocycles. The number of hydrogen-bond donors (Lipinski definition) is 0. The van der Waals surface area contributed by atoms with Gasteiger partial charge in [-0.3, -0.25) is 10.1 Å². The maximum absolute atomic E-state index is 11.0. The second-order valence-corrected chi connectivity index (χ2v) is 4.90. The largest absolute Gasteiger partial charge is 0.493 e. The van der Waals surface area contributed by atoms with Crippen LogP contribution in [0.4, 0.5) is 5.69 Å². The molecule has 1 saturated carbocycles. The Morgan fingerprint density at radius 1 is 1.42 bits per heavy atom. The van der Waals surface area contributed by atoms with Gasteiger partial charge in [-0.05, 0) is 24.8 Å². The lowest BCUT2D eigenvalue weighted by atomic mass is 9.86. The molecular formula is C13H16ClNO4. The van der Waals surface area contributed by atoms with Gasteiger partial charge in [-0.1, -0.05) is 6.42 Å².